The molecule has 0 atom stereocenters. The van der Waals surface area contributed by atoms with Crippen molar-refractivity contribution in [2.24, 2.45) is 0 Å². The van der Waals surface area contributed by atoms with E-state index in [0.717, 1.165) is 35.4 Å². The minimum absolute atomic E-state index is 0.0476. The number of ether oxygens (including phenoxy) is 1. The number of carboxylic acids is 1. The molecule has 0 unspecified atom stereocenters. The fourth-order valence-electron chi connectivity index (χ4n) is 1.43. The predicted molar refractivity (Wildman–Crippen MR) is 78.9 cm³/mol. The second kappa shape index (κ2) is 6.67. The largest absolute Gasteiger partial charge is 0.573 e. The first-order valence-electron chi connectivity index (χ1n) is 5.55. The van der Waals surface area contributed by atoms with E-state index in [1.807, 2.05) is 0 Å². The zero-order chi connectivity index (χ0) is 16.3. The summed E-state index contributed by atoms with van der Waals surface area (Å²) in [6.07, 6.45) is -4.79. The number of halogens is 4. The first-order chi connectivity index (χ1) is 10.3. The lowest BCUT2D eigenvalue weighted by Crippen LogP contribution is -2.17. The van der Waals surface area contributed by atoms with Gasteiger partial charge in [-0.25, -0.2) is 4.79 Å². The number of aromatic carboxylic acids is 1. The standard InChI is InChI=1S/C12H7ClF3NO3S2/c13-7-5-6(20-12(14,15)16)1-2-9(7)22-17-8-3-4-21-10(8)11(18)19/h1-5,17H,(H,18,19). The number of benzene rings is 1. The predicted octanol–water partition coefficient (Wildman–Crippen LogP) is 5.12. The second-order valence-electron chi connectivity index (χ2n) is 3.81. The van der Waals surface area contributed by atoms with Crippen LogP contribution in [0.25, 0.3) is 0 Å². The number of carboxylic acid groups (broad SMARTS) is 1. The molecule has 1 heterocycles. The summed E-state index contributed by atoms with van der Waals surface area (Å²) in [5.74, 6) is -1.50. The van der Waals surface area contributed by atoms with Crippen LogP contribution in [0, 0.1) is 0 Å². The Bertz CT molecular complexity index is 690. The zero-order valence-corrected chi connectivity index (χ0v) is 12.9. The molecule has 0 aliphatic rings. The Kier molecular flexibility index (Phi) is 5.09. The lowest BCUT2D eigenvalue weighted by atomic mass is 10.3. The molecule has 2 aromatic rings. The Hall–Kier alpha value is -1.58. The van der Waals surface area contributed by atoms with E-state index in [1.54, 1.807) is 11.4 Å². The number of alkyl halides is 3. The minimum Gasteiger partial charge on any atom is -0.477 e. The van der Waals surface area contributed by atoms with Gasteiger partial charge in [0.25, 0.3) is 0 Å². The van der Waals surface area contributed by atoms with Crippen molar-refractivity contribution < 1.29 is 27.8 Å². The summed E-state index contributed by atoms with van der Waals surface area (Å²) in [6.45, 7) is 0. The number of anilines is 1. The molecular weight excluding hydrogens is 363 g/mol. The third kappa shape index (κ3) is 4.46. The van der Waals surface area contributed by atoms with Crippen molar-refractivity contribution in [3.63, 3.8) is 0 Å². The van der Waals surface area contributed by atoms with Crippen molar-refractivity contribution in [3.05, 3.63) is 39.5 Å². The van der Waals surface area contributed by atoms with Crippen molar-refractivity contribution in [1.82, 2.24) is 0 Å². The Balaban J connectivity index is 2.07. The quantitative estimate of drug-likeness (QED) is 0.716. The van der Waals surface area contributed by atoms with Crippen molar-refractivity contribution in [1.29, 1.82) is 0 Å². The third-order valence-corrected chi connectivity index (χ3v) is 4.49. The van der Waals surface area contributed by atoms with Gasteiger partial charge in [0, 0.05) is 11.0 Å². The van der Waals surface area contributed by atoms with Crippen molar-refractivity contribution >= 4 is 46.5 Å². The van der Waals surface area contributed by atoms with E-state index in [-0.39, 0.29) is 9.90 Å². The van der Waals surface area contributed by atoms with E-state index >= 15 is 0 Å². The summed E-state index contributed by atoms with van der Waals surface area (Å²) in [6, 6.07) is 5.07. The molecule has 0 amide bonds. The second-order valence-corrected chi connectivity index (χ2v) is 5.98. The maximum absolute atomic E-state index is 12.1. The summed E-state index contributed by atoms with van der Waals surface area (Å²) in [4.78, 5) is 11.5. The van der Waals surface area contributed by atoms with Gasteiger partial charge in [0.15, 0.2) is 0 Å². The molecule has 0 saturated carbocycles. The van der Waals surface area contributed by atoms with Crippen LogP contribution in [0.15, 0.2) is 34.5 Å². The van der Waals surface area contributed by atoms with Gasteiger partial charge >= 0.3 is 12.3 Å². The molecule has 0 saturated heterocycles. The van der Waals surface area contributed by atoms with Gasteiger partial charge in [-0.15, -0.1) is 24.5 Å². The molecule has 0 radical (unpaired) electrons. The fraction of sp³-hybridized carbons (Fsp3) is 0.0833. The zero-order valence-electron chi connectivity index (χ0n) is 10.5. The average molecular weight is 370 g/mol. The molecule has 0 fully saturated rings. The van der Waals surface area contributed by atoms with Gasteiger partial charge in [-0.1, -0.05) is 11.6 Å². The molecule has 0 aliphatic heterocycles. The van der Waals surface area contributed by atoms with Crippen molar-refractivity contribution in [3.8, 4) is 5.75 Å². The van der Waals surface area contributed by atoms with Gasteiger partial charge < -0.3 is 14.6 Å². The summed E-state index contributed by atoms with van der Waals surface area (Å²) in [5.41, 5.74) is 0.384. The Morgan fingerprint density at radius 2 is 2.09 bits per heavy atom. The molecule has 4 nitrogen and oxygen atoms in total. The van der Waals surface area contributed by atoms with Crippen LogP contribution < -0.4 is 9.46 Å². The molecule has 0 spiro atoms. The normalized spacial score (nSPS) is 11.3. The molecule has 22 heavy (non-hydrogen) atoms. The van der Waals surface area contributed by atoms with Gasteiger partial charge in [0.05, 0.1) is 10.7 Å². The molecule has 10 heteroatoms. The van der Waals surface area contributed by atoms with Crippen LogP contribution in [0.2, 0.25) is 5.02 Å². The molecule has 0 bridgehead atoms. The van der Waals surface area contributed by atoms with Gasteiger partial charge in [-0.2, -0.15) is 0 Å². The van der Waals surface area contributed by atoms with Crippen molar-refractivity contribution in [2.75, 3.05) is 4.72 Å². The van der Waals surface area contributed by atoms with Crippen LogP contribution in [-0.4, -0.2) is 17.4 Å². The van der Waals surface area contributed by atoms with Crippen LogP contribution in [0.1, 0.15) is 9.67 Å². The third-order valence-electron chi connectivity index (χ3n) is 2.27. The van der Waals surface area contributed by atoms with E-state index in [1.165, 1.54) is 6.07 Å². The van der Waals surface area contributed by atoms with E-state index in [0.29, 0.717) is 10.6 Å². The average Bonchev–Trinajstić information content (AvgIpc) is 2.84. The number of hydrogen-bond acceptors (Lipinski definition) is 5. The van der Waals surface area contributed by atoms with Crippen LogP contribution in [0.5, 0.6) is 5.75 Å². The number of thiophene rings is 1. The molecular formula is C12H7ClF3NO3S2. The number of hydrogen-bond donors (Lipinski definition) is 2. The Morgan fingerprint density at radius 1 is 1.36 bits per heavy atom. The van der Waals surface area contributed by atoms with Gasteiger partial charge in [-0.3, -0.25) is 0 Å². The maximum atomic E-state index is 12.1. The van der Waals surface area contributed by atoms with Gasteiger partial charge in [-0.05, 0) is 35.5 Å². The minimum atomic E-state index is -4.79. The highest BCUT2D eigenvalue weighted by Gasteiger charge is 2.31. The van der Waals surface area contributed by atoms with Crippen molar-refractivity contribution in [2.45, 2.75) is 11.3 Å². The molecule has 1 aromatic carbocycles. The van der Waals surface area contributed by atoms with E-state index in [4.69, 9.17) is 16.7 Å². The lowest BCUT2D eigenvalue weighted by Gasteiger charge is -2.11. The first-order valence-corrected chi connectivity index (χ1v) is 7.62. The summed E-state index contributed by atoms with van der Waals surface area (Å²) >= 11 is 7.92. The summed E-state index contributed by atoms with van der Waals surface area (Å²) in [5, 5.41) is 10.6. The summed E-state index contributed by atoms with van der Waals surface area (Å²) < 4.78 is 42.8. The van der Waals surface area contributed by atoms with Gasteiger partial charge in [0.2, 0.25) is 0 Å². The fourth-order valence-corrected chi connectivity index (χ4v) is 3.15. The topological polar surface area (TPSA) is 58.6 Å². The van der Waals surface area contributed by atoms with Crippen LogP contribution in [0.4, 0.5) is 18.9 Å². The number of nitrogens with one attached hydrogen (secondary N) is 1. The SMILES string of the molecule is O=C(O)c1sccc1NSc1ccc(OC(F)(F)F)cc1Cl. The molecule has 2 rings (SSSR count). The van der Waals surface area contributed by atoms with E-state index < -0.39 is 18.1 Å². The molecule has 0 aliphatic carbocycles. The molecule has 118 valence electrons. The molecule has 1 aromatic heterocycles. The van der Waals surface area contributed by atoms with Crippen LogP contribution >= 0.6 is 34.9 Å². The Labute approximate surface area is 136 Å². The number of carbonyl (C=O) groups is 1. The number of rotatable bonds is 5. The molecule has 2 N–H and O–H groups in total. The lowest BCUT2D eigenvalue weighted by molar-refractivity contribution is -0.274. The maximum Gasteiger partial charge on any atom is 0.573 e. The summed E-state index contributed by atoms with van der Waals surface area (Å²) in [7, 11) is 0. The highest BCUT2D eigenvalue weighted by molar-refractivity contribution is 8.00. The highest BCUT2D eigenvalue weighted by atomic mass is 35.5. The Morgan fingerprint density at radius 3 is 2.68 bits per heavy atom. The van der Waals surface area contributed by atoms with Crippen LogP contribution in [-0.2, 0) is 0 Å². The smallest absolute Gasteiger partial charge is 0.477 e. The van der Waals surface area contributed by atoms with Gasteiger partial charge in [0.1, 0.15) is 10.6 Å². The first kappa shape index (κ1) is 16.8. The monoisotopic (exact) mass is 369 g/mol. The van der Waals surface area contributed by atoms with E-state index in [9.17, 15) is 18.0 Å². The van der Waals surface area contributed by atoms with E-state index in [2.05, 4.69) is 9.46 Å². The van der Waals surface area contributed by atoms with Crippen LogP contribution in [0.3, 0.4) is 0 Å². The highest BCUT2D eigenvalue weighted by Crippen LogP contribution is 2.34.